The van der Waals surface area contributed by atoms with Crippen molar-refractivity contribution in [3.8, 4) is 0 Å². The van der Waals surface area contributed by atoms with Gasteiger partial charge in [0, 0.05) is 39.1 Å². The fourth-order valence-electron chi connectivity index (χ4n) is 3.55. The van der Waals surface area contributed by atoms with Crippen molar-refractivity contribution < 1.29 is 14.4 Å². The van der Waals surface area contributed by atoms with Gasteiger partial charge in [0.25, 0.3) is 5.91 Å². The predicted molar refractivity (Wildman–Crippen MR) is 87.5 cm³/mol. The van der Waals surface area contributed by atoms with Crippen LogP contribution in [0.2, 0.25) is 0 Å². The third-order valence-electron chi connectivity index (χ3n) is 4.75. The fourth-order valence-corrected chi connectivity index (χ4v) is 3.55. The van der Waals surface area contributed by atoms with E-state index in [4.69, 9.17) is 9.57 Å². The number of amides is 1. The molecule has 0 aliphatic carbocycles. The van der Waals surface area contributed by atoms with Gasteiger partial charge < -0.3 is 20.2 Å². The van der Waals surface area contributed by atoms with Gasteiger partial charge >= 0.3 is 0 Å². The molecule has 0 aromatic carbocycles. The second kappa shape index (κ2) is 6.75. The van der Waals surface area contributed by atoms with Crippen LogP contribution in [0, 0.1) is 0 Å². The van der Waals surface area contributed by atoms with E-state index in [9.17, 15) is 4.79 Å². The molecule has 0 radical (unpaired) electrons. The van der Waals surface area contributed by atoms with Crippen molar-refractivity contribution in [1.29, 1.82) is 0 Å². The molecule has 3 heterocycles. The highest BCUT2D eigenvalue weighted by Crippen LogP contribution is 2.30. The van der Waals surface area contributed by atoms with Crippen LogP contribution in [-0.4, -0.2) is 73.6 Å². The van der Waals surface area contributed by atoms with Crippen LogP contribution in [0.3, 0.4) is 0 Å². The van der Waals surface area contributed by atoms with E-state index >= 15 is 0 Å². The molecule has 3 aliphatic heterocycles. The molecule has 1 atom stereocenters. The number of carbonyl (C=O) groups is 1. The van der Waals surface area contributed by atoms with Gasteiger partial charge in [0.05, 0.1) is 12.2 Å². The summed E-state index contributed by atoms with van der Waals surface area (Å²) in [7, 11) is 0. The summed E-state index contributed by atoms with van der Waals surface area (Å²) in [5, 5.41) is 10.3. The quantitative estimate of drug-likeness (QED) is 0.768. The lowest BCUT2D eigenvalue weighted by atomic mass is 9.89. The molecule has 130 valence electrons. The van der Waals surface area contributed by atoms with Gasteiger partial charge in [-0.15, -0.1) is 0 Å². The maximum absolute atomic E-state index is 12.3. The Hall–Kier alpha value is -1.18. The molecule has 1 unspecified atom stereocenters. The predicted octanol–water partition coefficient (Wildman–Crippen LogP) is 0.112. The van der Waals surface area contributed by atoms with Crippen molar-refractivity contribution in [1.82, 2.24) is 15.5 Å². The Morgan fingerprint density at radius 3 is 3.09 bits per heavy atom. The van der Waals surface area contributed by atoms with E-state index < -0.39 is 0 Å². The first kappa shape index (κ1) is 16.7. The topological polar surface area (TPSA) is 75.2 Å². The number of nitrogens with zero attached hydrogens (tertiary/aromatic N) is 2. The van der Waals surface area contributed by atoms with Crippen LogP contribution in [0.4, 0.5) is 0 Å². The largest absolute Gasteiger partial charge is 0.387 e. The molecule has 0 aromatic heterocycles. The standard InChI is InChI=1S/C16H28N4O3/c1-15(2)12-20(8-9-22-15)7-6-18-14(21)13-10-16(23-19-13)4-3-5-17-11-16/h17H,3-12H2,1-2H3,(H,18,21). The molecule has 0 aromatic rings. The molecule has 2 fully saturated rings. The van der Waals surface area contributed by atoms with E-state index in [1.165, 1.54) is 0 Å². The van der Waals surface area contributed by atoms with E-state index in [1.807, 2.05) is 0 Å². The molecule has 2 saturated heterocycles. The second-order valence-corrected chi connectivity index (χ2v) is 7.41. The van der Waals surface area contributed by atoms with Crippen molar-refractivity contribution in [2.24, 2.45) is 5.16 Å². The highest BCUT2D eigenvalue weighted by atomic mass is 16.7. The van der Waals surface area contributed by atoms with Crippen LogP contribution in [0.1, 0.15) is 33.1 Å². The van der Waals surface area contributed by atoms with Gasteiger partial charge in [-0.05, 0) is 33.2 Å². The normalized spacial score (nSPS) is 30.8. The number of morpholine rings is 1. The van der Waals surface area contributed by atoms with Crippen molar-refractivity contribution in [3.63, 3.8) is 0 Å². The Morgan fingerprint density at radius 2 is 2.35 bits per heavy atom. The van der Waals surface area contributed by atoms with E-state index in [0.717, 1.165) is 52.2 Å². The molecule has 0 saturated carbocycles. The number of carbonyl (C=O) groups excluding carboxylic acids is 1. The Kier molecular flexibility index (Phi) is 4.89. The Morgan fingerprint density at radius 1 is 1.48 bits per heavy atom. The molecule has 7 heteroatoms. The summed E-state index contributed by atoms with van der Waals surface area (Å²) in [5.74, 6) is -0.0973. The first-order chi connectivity index (χ1) is 11.0. The number of hydrogen-bond acceptors (Lipinski definition) is 6. The SMILES string of the molecule is CC1(C)CN(CCNC(=O)C2=NOC3(CCCNC3)C2)CCO1. The maximum atomic E-state index is 12.3. The highest BCUT2D eigenvalue weighted by Gasteiger charge is 2.42. The van der Waals surface area contributed by atoms with Crippen molar-refractivity contribution in [2.45, 2.75) is 44.3 Å². The Bertz CT molecular complexity index is 472. The van der Waals surface area contributed by atoms with Crippen molar-refractivity contribution >= 4 is 11.6 Å². The molecule has 23 heavy (non-hydrogen) atoms. The zero-order chi connectivity index (χ0) is 16.3. The summed E-state index contributed by atoms with van der Waals surface area (Å²) in [6.07, 6.45) is 2.64. The highest BCUT2D eigenvalue weighted by molar-refractivity contribution is 6.39. The summed E-state index contributed by atoms with van der Waals surface area (Å²) in [4.78, 5) is 20.2. The summed E-state index contributed by atoms with van der Waals surface area (Å²) < 4.78 is 5.70. The zero-order valence-corrected chi connectivity index (χ0v) is 14.2. The second-order valence-electron chi connectivity index (χ2n) is 7.41. The van der Waals surface area contributed by atoms with Gasteiger partial charge in [0.15, 0.2) is 5.60 Å². The van der Waals surface area contributed by atoms with Crippen molar-refractivity contribution in [2.75, 3.05) is 45.9 Å². The van der Waals surface area contributed by atoms with Crippen LogP contribution in [0.25, 0.3) is 0 Å². The summed E-state index contributed by atoms with van der Waals surface area (Å²) in [6.45, 7) is 9.99. The number of rotatable bonds is 4. The van der Waals surface area contributed by atoms with Crippen LogP contribution < -0.4 is 10.6 Å². The lowest BCUT2D eigenvalue weighted by Crippen LogP contribution is -2.50. The third-order valence-corrected chi connectivity index (χ3v) is 4.75. The minimum absolute atomic E-state index is 0.0973. The number of oxime groups is 1. The summed E-state index contributed by atoms with van der Waals surface area (Å²) in [6, 6.07) is 0. The molecule has 1 amide bonds. The minimum atomic E-state index is -0.293. The van der Waals surface area contributed by atoms with Crippen LogP contribution in [0.15, 0.2) is 5.16 Å². The Labute approximate surface area is 137 Å². The molecular formula is C16H28N4O3. The van der Waals surface area contributed by atoms with E-state index in [0.29, 0.717) is 18.7 Å². The average Bonchev–Trinajstić information content (AvgIpc) is 2.91. The van der Waals surface area contributed by atoms with Gasteiger partial charge in [-0.25, -0.2) is 0 Å². The summed E-state index contributed by atoms with van der Waals surface area (Å²) >= 11 is 0. The fraction of sp³-hybridized carbons (Fsp3) is 0.875. The molecule has 3 aliphatic rings. The molecular weight excluding hydrogens is 296 g/mol. The maximum Gasteiger partial charge on any atom is 0.269 e. The van der Waals surface area contributed by atoms with E-state index in [2.05, 4.69) is 34.5 Å². The average molecular weight is 324 g/mol. The molecule has 7 nitrogen and oxygen atoms in total. The lowest BCUT2D eigenvalue weighted by molar-refractivity contribution is -0.115. The summed E-state index contributed by atoms with van der Waals surface area (Å²) in [5.41, 5.74) is 0.126. The van der Waals surface area contributed by atoms with Crippen molar-refractivity contribution in [3.05, 3.63) is 0 Å². The van der Waals surface area contributed by atoms with Gasteiger partial charge in [-0.1, -0.05) is 5.16 Å². The first-order valence-electron chi connectivity index (χ1n) is 8.58. The van der Waals surface area contributed by atoms with Gasteiger partial charge in [-0.2, -0.15) is 0 Å². The number of hydrogen-bond donors (Lipinski definition) is 2. The smallest absolute Gasteiger partial charge is 0.269 e. The monoisotopic (exact) mass is 324 g/mol. The molecule has 2 N–H and O–H groups in total. The van der Waals surface area contributed by atoms with Gasteiger partial charge in [-0.3, -0.25) is 9.69 Å². The number of ether oxygens (including phenoxy) is 1. The molecule has 3 rings (SSSR count). The molecule has 1 spiro atoms. The van der Waals surface area contributed by atoms with Crippen LogP contribution in [-0.2, 0) is 14.4 Å². The first-order valence-corrected chi connectivity index (χ1v) is 8.58. The van der Waals surface area contributed by atoms with Crippen LogP contribution in [0.5, 0.6) is 0 Å². The van der Waals surface area contributed by atoms with Crippen LogP contribution >= 0.6 is 0 Å². The lowest BCUT2D eigenvalue weighted by Gasteiger charge is -2.38. The third kappa shape index (κ3) is 4.22. The zero-order valence-electron chi connectivity index (χ0n) is 14.2. The number of nitrogens with one attached hydrogen (secondary N) is 2. The van der Waals surface area contributed by atoms with Gasteiger partial charge in [0.2, 0.25) is 0 Å². The van der Waals surface area contributed by atoms with E-state index in [1.54, 1.807) is 0 Å². The minimum Gasteiger partial charge on any atom is -0.387 e. The molecule has 0 bridgehead atoms. The van der Waals surface area contributed by atoms with E-state index in [-0.39, 0.29) is 17.1 Å². The van der Waals surface area contributed by atoms with Gasteiger partial charge in [0.1, 0.15) is 5.71 Å². The Balaban J connectivity index is 1.40. The number of piperidine rings is 1.